The van der Waals surface area contributed by atoms with Crippen LogP contribution in [0.15, 0.2) is 18.2 Å². The van der Waals surface area contributed by atoms with Crippen molar-refractivity contribution in [3.05, 3.63) is 34.9 Å². The molecule has 0 unspecified atom stereocenters. The summed E-state index contributed by atoms with van der Waals surface area (Å²) < 4.78 is 0. The van der Waals surface area contributed by atoms with Crippen molar-refractivity contribution >= 4 is 0 Å². The third kappa shape index (κ3) is 1.69. The minimum atomic E-state index is 0.274. The zero-order valence-electron chi connectivity index (χ0n) is 8.73. The van der Waals surface area contributed by atoms with E-state index in [-0.39, 0.29) is 5.41 Å². The first-order valence-electron chi connectivity index (χ1n) is 4.49. The smallest absolute Gasteiger partial charge is 0.0129 e. The van der Waals surface area contributed by atoms with Gasteiger partial charge in [0.25, 0.3) is 0 Å². The summed E-state index contributed by atoms with van der Waals surface area (Å²) in [6.07, 6.45) is 0. The van der Waals surface area contributed by atoms with Gasteiger partial charge < -0.3 is 0 Å². The number of aryl methyl sites for hydroxylation is 1. The van der Waals surface area contributed by atoms with E-state index in [2.05, 4.69) is 52.8 Å². The summed E-state index contributed by atoms with van der Waals surface area (Å²) in [5.41, 5.74) is 4.56. The van der Waals surface area contributed by atoms with E-state index >= 15 is 0 Å². The predicted octanol–water partition coefficient (Wildman–Crippen LogP) is 3.60. The van der Waals surface area contributed by atoms with Crippen LogP contribution in [0.25, 0.3) is 0 Å². The summed E-state index contributed by atoms with van der Waals surface area (Å²) in [5.74, 6) is 0. The second-order valence-electron chi connectivity index (χ2n) is 4.50. The Labute approximate surface area is 75.6 Å². The maximum Gasteiger partial charge on any atom is -0.0129 e. The first-order chi connectivity index (χ1) is 5.43. The average Bonchev–Trinajstić information content (AvgIpc) is 1.92. The highest BCUT2D eigenvalue weighted by Gasteiger charge is 2.15. The quantitative estimate of drug-likeness (QED) is 0.546. The van der Waals surface area contributed by atoms with E-state index in [4.69, 9.17) is 0 Å². The minimum absolute atomic E-state index is 0.274. The molecule has 12 heavy (non-hydrogen) atoms. The van der Waals surface area contributed by atoms with Crippen LogP contribution in [-0.4, -0.2) is 0 Å². The van der Waals surface area contributed by atoms with E-state index in [0.717, 1.165) is 0 Å². The SMILES string of the molecule is Cc1cccc(C(C)(C)C)c1C. The molecule has 0 aliphatic rings. The molecule has 0 saturated carbocycles. The highest BCUT2D eigenvalue weighted by Crippen LogP contribution is 2.26. The van der Waals surface area contributed by atoms with E-state index in [1.54, 1.807) is 0 Å². The van der Waals surface area contributed by atoms with Gasteiger partial charge in [0, 0.05) is 0 Å². The Balaban J connectivity index is 3.26. The second-order valence-corrected chi connectivity index (χ2v) is 4.50. The lowest BCUT2D eigenvalue weighted by molar-refractivity contribution is 0.585. The molecule has 0 spiro atoms. The molecule has 1 rings (SSSR count). The van der Waals surface area contributed by atoms with Gasteiger partial charge in [-0.1, -0.05) is 39.0 Å². The molecule has 0 aliphatic heterocycles. The molecule has 0 nitrogen and oxygen atoms in total. The van der Waals surface area contributed by atoms with Crippen LogP contribution in [0.3, 0.4) is 0 Å². The van der Waals surface area contributed by atoms with Crippen LogP contribution in [0.4, 0.5) is 0 Å². The third-order valence-electron chi connectivity index (χ3n) is 2.41. The molecule has 66 valence electrons. The van der Waals surface area contributed by atoms with Crippen LogP contribution in [0.5, 0.6) is 0 Å². The molecule has 0 heteroatoms. The fraction of sp³-hybridized carbons (Fsp3) is 0.500. The van der Waals surface area contributed by atoms with Gasteiger partial charge in [0.15, 0.2) is 0 Å². The molecule has 0 radical (unpaired) electrons. The van der Waals surface area contributed by atoms with Crippen LogP contribution in [0, 0.1) is 13.8 Å². The first-order valence-corrected chi connectivity index (χ1v) is 4.49. The maximum absolute atomic E-state index is 2.26. The van der Waals surface area contributed by atoms with Crippen LogP contribution >= 0.6 is 0 Å². The lowest BCUT2D eigenvalue weighted by atomic mass is 9.83. The molecule has 0 amide bonds. The van der Waals surface area contributed by atoms with Crippen molar-refractivity contribution in [2.75, 3.05) is 0 Å². The Morgan fingerprint density at radius 1 is 1.00 bits per heavy atom. The predicted molar refractivity (Wildman–Crippen MR) is 54.6 cm³/mol. The van der Waals surface area contributed by atoms with E-state index in [0.29, 0.717) is 0 Å². The van der Waals surface area contributed by atoms with E-state index < -0.39 is 0 Å². The zero-order valence-corrected chi connectivity index (χ0v) is 8.73. The molecule has 1 aromatic carbocycles. The molecular formula is C12H18. The van der Waals surface area contributed by atoms with Gasteiger partial charge in [-0.2, -0.15) is 0 Å². The fourth-order valence-electron chi connectivity index (χ4n) is 1.56. The van der Waals surface area contributed by atoms with Crippen molar-refractivity contribution in [3.63, 3.8) is 0 Å². The number of rotatable bonds is 0. The molecule has 0 saturated heterocycles. The van der Waals surface area contributed by atoms with E-state index in [1.165, 1.54) is 16.7 Å². The standard InChI is InChI=1S/C12H18/c1-9-7-6-8-11(10(9)2)12(3,4)5/h6-8H,1-5H3. The third-order valence-corrected chi connectivity index (χ3v) is 2.41. The van der Waals surface area contributed by atoms with Gasteiger partial charge in [-0.05, 0) is 36.0 Å². The summed E-state index contributed by atoms with van der Waals surface area (Å²) in [7, 11) is 0. The first kappa shape index (κ1) is 9.31. The summed E-state index contributed by atoms with van der Waals surface area (Å²) in [6, 6.07) is 6.54. The number of hydrogen-bond donors (Lipinski definition) is 0. The van der Waals surface area contributed by atoms with Crippen molar-refractivity contribution in [2.45, 2.75) is 40.0 Å². The molecule has 0 N–H and O–H groups in total. The van der Waals surface area contributed by atoms with Crippen LogP contribution in [0.2, 0.25) is 0 Å². The molecule has 0 aliphatic carbocycles. The molecule has 0 aromatic heterocycles. The lowest BCUT2D eigenvalue weighted by Crippen LogP contribution is -2.13. The van der Waals surface area contributed by atoms with E-state index in [1.807, 2.05) is 0 Å². The molecule has 0 heterocycles. The van der Waals surface area contributed by atoms with Gasteiger partial charge in [0.05, 0.1) is 0 Å². The van der Waals surface area contributed by atoms with Crippen molar-refractivity contribution in [3.8, 4) is 0 Å². The van der Waals surface area contributed by atoms with Crippen molar-refractivity contribution in [1.82, 2.24) is 0 Å². The summed E-state index contributed by atoms with van der Waals surface area (Å²) in [5, 5.41) is 0. The number of benzene rings is 1. The topological polar surface area (TPSA) is 0 Å². The number of hydrogen-bond acceptors (Lipinski definition) is 0. The van der Waals surface area contributed by atoms with Crippen LogP contribution < -0.4 is 0 Å². The lowest BCUT2D eigenvalue weighted by Gasteiger charge is -2.22. The van der Waals surface area contributed by atoms with Crippen molar-refractivity contribution in [1.29, 1.82) is 0 Å². The fourth-order valence-corrected chi connectivity index (χ4v) is 1.56. The maximum atomic E-state index is 2.26. The van der Waals surface area contributed by atoms with Gasteiger partial charge in [-0.25, -0.2) is 0 Å². The minimum Gasteiger partial charge on any atom is -0.0617 e. The summed E-state index contributed by atoms with van der Waals surface area (Å²) in [4.78, 5) is 0. The van der Waals surface area contributed by atoms with Gasteiger partial charge in [-0.3, -0.25) is 0 Å². The van der Waals surface area contributed by atoms with Gasteiger partial charge >= 0.3 is 0 Å². The van der Waals surface area contributed by atoms with Gasteiger partial charge in [0.2, 0.25) is 0 Å². The average molecular weight is 162 g/mol. The molecule has 0 atom stereocenters. The molecular weight excluding hydrogens is 144 g/mol. The largest absolute Gasteiger partial charge is 0.0617 e. The highest BCUT2D eigenvalue weighted by atomic mass is 14.2. The Bertz CT molecular complexity index is 277. The molecule has 0 bridgehead atoms. The van der Waals surface area contributed by atoms with Crippen LogP contribution in [0.1, 0.15) is 37.5 Å². The zero-order chi connectivity index (χ0) is 9.35. The van der Waals surface area contributed by atoms with Crippen LogP contribution in [-0.2, 0) is 5.41 Å². The molecule has 0 fully saturated rings. The molecule has 1 aromatic rings. The van der Waals surface area contributed by atoms with Crippen molar-refractivity contribution in [2.24, 2.45) is 0 Å². The Kier molecular flexibility index (Phi) is 2.27. The monoisotopic (exact) mass is 162 g/mol. The Morgan fingerprint density at radius 2 is 1.58 bits per heavy atom. The Hall–Kier alpha value is -0.780. The van der Waals surface area contributed by atoms with Gasteiger partial charge in [-0.15, -0.1) is 0 Å². The van der Waals surface area contributed by atoms with Crippen molar-refractivity contribution < 1.29 is 0 Å². The highest BCUT2D eigenvalue weighted by molar-refractivity contribution is 5.37. The van der Waals surface area contributed by atoms with Gasteiger partial charge in [0.1, 0.15) is 0 Å². The Morgan fingerprint density at radius 3 is 2.00 bits per heavy atom. The summed E-state index contributed by atoms with van der Waals surface area (Å²) >= 11 is 0. The van der Waals surface area contributed by atoms with E-state index in [9.17, 15) is 0 Å². The normalized spacial score (nSPS) is 11.8. The summed E-state index contributed by atoms with van der Waals surface area (Å²) in [6.45, 7) is 11.2. The second kappa shape index (κ2) is 2.93.